The maximum absolute atomic E-state index is 12.7. The number of halogens is 1. The fourth-order valence-corrected chi connectivity index (χ4v) is 3.86. The largest absolute Gasteiger partial charge is 0.439 e. The minimum Gasteiger partial charge on any atom is -0.439 e. The number of hydrogen-bond acceptors (Lipinski definition) is 5. The van der Waals surface area contributed by atoms with Gasteiger partial charge in [0.25, 0.3) is 5.91 Å². The predicted octanol–water partition coefficient (Wildman–Crippen LogP) is 4.96. The normalized spacial score (nSPS) is 11.3. The van der Waals surface area contributed by atoms with Crippen molar-refractivity contribution in [1.82, 2.24) is 4.98 Å². The molecule has 6 nitrogen and oxygen atoms in total. The molecule has 0 saturated carbocycles. The number of rotatable bonds is 6. The first-order chi connectivity index (χ1) is 13.8. The maximum atomic E-state index is 12.7. The van der Waals surface area contributed by atoms with Crippen LogP contribution in [-0.2, 0) is 9.84 Å². The van der Waals surface area contributed by atoms with Crippen molar-refractivity contribution in [2.75, 3.05) is 5.32 Å². The number of ether oxygens (including phenoxy) is 1. The van der Waals surface area contributed by atoms with Crippen LogP contribution in [0.3, 0.4) is 0 Å². The van der Waals surface area contributed by atoms with Gasteiger partial charge in [-0.2, -0.15) is 0 Å². The van der Waals surface area contributed by atoms with Gasteiger partial charge in [-0.3, -0.25) is 4.79 Å². The van der Waals surface area contributed by atoms with E-state index in [1.807, 2.05) is 0 Å². The molecule has 0 unspecified atom stereocenters. The van der Waals surface area contributed by atoms with Crippen molar-refractivity contribution >= 4 is 33.0 Å². The molecule has 1 heterocycles. The Labute approximate surface area is 174 Å². The van der Waals surface area contributed by atoms with E-state index in [0.717, 1.165) is 0 Å². The van der Waals surface area contributed by atoms with Crippen LogP contribution in [0.1, 0.15) is 24.2 Å². The molecule has 0 aliphatic carbocycles. The zero-order valence-corrected chi connectivity index (χ0v) is 17.4. The molecule has 0 aliphatic rings. The monoisotopic (exact) mass is 430 g/mol. The lowest BCUT2D eigenvalue weighted by Crippen LogP contribution is -2.20. The quantitative estimate of drug-likeness (QED) is 0.597. The van der Waals surface area contributed by atoms with Gasteiger partial charge in [0, 0.05) is 11.1 Å². The molecule has 29 heavy (non-hydrogen) atoms. The van der Waals surface area contributed by atoms with Crippen LogP contribution >= 0.6 is 11.6 Å². The van der Waals surface area contributed by atoms with E-state index < -0.39 is 21.0 Å². The molecule has 0 aliphatic heterocycles. The lowest BCUT2D eigenvalue weighted by Gasteiger charge is -2.13. The van der Waals surface area contributed by atoms with E-state index in [4.69, 9.17) is 16.3 Å². The van der Waals surface area contributed by atoms with Gasteiger partial charge in [0.05, 0.1) is 27.6 Å². The van der Waals surface area contributed by atoms with Crippen molar-refractivity contribution in [2.45, 2.75) is 24.0 Å². The second kappa shape index (κ2) is 8.63. The smallest absolute Gasteiger partial charge is 0.257 e. The summed E-state index contributed by atoms with van der Waals surface area (Å²) in [7, 11) is -3.60. The fourth-order valence-electron chi connectivity index (χ4n) is 2.49. The van der Waals surface area contributed by atoms with Gasteiger partial charge >= 0.3 is 0 Å². The molecule has 2 aromatic carbocycles. The topological polar surface area (TPSA) is 85.4 Å². The third-order valence-electron chi connectivity index (χ3n) is 4.09. The number of pyridine rings is 1. The molecule has 3 aromatic rings. The Balaban J connectivity index is 1.76. The highest BCUT2D eigenvalue weighted by Crippen LogP contribution is 2.24. The lowest BCUT2D eigenvalue weighted by molar-refractivity contribution is 0.102. The second-order valence-corrected chi connectivity index (χ2v) is 9.39. The Morgan fingerprint density at radius 3 is 2.34 bits per heavy atom. The highest BCUT2D eigenvalue weighted by molar-refractivity contribution is 7.92. The van der Waals surface area contributed by atoms with Crippen molar-refractivity contribution in [3.05, 3.63) is 77.4 Å². The molecule has 0 radical (unpaired) electrons. The van der Waals surface area contributed by atoms with E-state index in [1.165, 1.54) is 18.3 Å². The summed E-state index contributed by atoms with van der Waals surface area (Å²) in [6.45, 7) is 3.15. The summed E-state index contributed by atoms with van der Waals surface area (Å²) in [6, 6.07) is 16.2. The molecule has 1 N–H and O–H groups in total. The standard InChI is InChI=1S/C21H19ClN2O4S/c1-14(2)29(26,27)19-6-4-3-5-18(19)21(25)24-16-9-12-20(23-13-16)28-17-10-7-15(22)8-11-17/h3-14H,1-2H3,(H,24,25). The summed E-state index contributed by atoms with van der Waals surface area (Å²) in [5.74, 6) is 0.387. The zero-order chi connectivity index (χ0) is 21.0. The minimum atomic E-state index is -3.60. The summed E-state index contributed by atoms with van der Waals surface area (Å²) in [5.41, 5.74) is 0.498. The molecule has 1 amide bonds. The number of carbonyl (C=O) groups excluding carboxylic acids is 1. The van der Waals surface area contributed by atoms with Crippen LogP contribution in [0.15, 0.2) is 71.8 Å². The van der Waals surface area contributed by atoms with E-state index in [2.05, 4.69) is 10.3 Å². The maximum Gasteiger partial charge on any atom is 0.257 e. The molecule has 0 bridgehead atoms. The third kappa shape index (κ3) is 4.93. The number of aromatic nitrogens is 1. The Morgan fingerprint density at radius 1 is 1.03 bits per heavy atom. The molecular weight excluding hydrogens is 412 g/mol. The van der Waals surface area contributed by atoms with Gasteiger partial charge in [-0.25, -0.2) is 13.4 Å². The van der Waals surface area contributed by atoms with Gasteiger partial charge in [-0.05, 0) is 56.3 Å². The van der Waals surface area contributed by atoms with Crippen LogP contribution in [0.25, 0.3) is 0 Å². The lowest BCUT2D eigenvalue weighted by atomic mass is 10.2. The van der Waals surface area contributed by atoms with E-state index in [-0.39, 0.29) is 10.5 Å². The number of nitrogens with one attached hydrogen (secondary N) is 1. The average molecular weight is 431 g/mol. The number of amides is 1. The molecule has 0 atom stereocenters. The van der Waals surface area contributed by atoms with Gasteiger partial charge < -0.3 is 10.1 Å². The minimum absolute atomic E-state index is 0.00292. The molecular formula is C21H19ClN2O4S. The number of benzene rings is 2. The fraction of sp³-hybridized carbons (Fsp3) is 0.143. The van der Waals surface area contributed by atoms with Crippen LogP contribution < -0.4 is 10.1 Å². The number of nitrogens with zero attached hydrogens (tertiary/aromatic N) is 1. The van der Waals surface area contributed by atoms with Gasteiger partial charge in [0.15, 0.2) is 9.84 Å². The summed E-state index contributed by atoms with van der Waals surface area (Å²) in [4.78, 5) is 16.8. The second-order valence-electron chi connectivity index (χ2n) is 6.49. The van der Waals surface area contributed by atoms with Gasteiger partial charge in [-0.1, -0.05) is 23.7 Å². The summed E-state index contributed by atoms with van der Waals surface area (Å²) in [5, 5.41) is 2.63. The van der Waals surface area contributed by atoms with Crippen LogP contribution in [0.2, 0.25) is 5.02 Å². The Morgan fingerprint density at radius 2 is 1.72 bits per heavy atom. The van der Waals surface area contributed by atoms with Gasteiger partial charge in [0.2, 0.25) is 5.88 Å². The SMILES string of the molecule is CC(C)S(=O)(=O)c1ccccc1C(=O)Nc1ccc(Oc2ccc(Cl)cc2)nc1. The molecule has 8 heteroatoms. The highest BCUT2D eigenvalue weighted by atomic mass is 35.5. The average Bonchev–Trinajstić information content (AvgIpc) is 2.71. The molecule has 0 saturated heterocycles. The van der Waals surface area contributed by atoms with Crippen LogP contribution in [0.4, 0.5) is 5.69 Å². The summed E-state index contributed by atoms with van der Waals surface area (Å²) < 4.78 is 30.7. The van der Waals surface area contributed by atoms with E-state index in [1.54, 1.807) is 62.4 Å². The Kier molecular flexibility index (Phi) is 6.20. The van der Waals surface area contributed by atoms with E-state index in [9.17, 15) is 13.2 Å². The van der Waals surface area contributed by atoms with Crippen LogP contribution in [0.5, 0.6) is 11.6 Å². The van der Waals surface area contributed by atoms with Gasteiger partial charge in [0.1, 0.15) is 5.75 Å². The van der Waals surface area contributed by atoms with E-state index in [0.29, 0.717) is 22.3 Å². The van der Waals surface area contributed by atoms with Crippen molar-refractivity contribution in [3.63, 3.8) is 0 Å². The number of hydrogen-bond donors (Lipinski definition) is 1. The highest BCUT2D eigenvalue weighted by Gasteiger charge is 2.25. The molecule has 0 spiro atoms. The summed E-state index contributed by atoms with van der Waals surface area (Å²) >= 11 is 5.84. The van der Waals surface area contributed by atoms with Crippen molar-refractivity contribution in [2.24, 2.45) is 0 Å². The first-order valence-corrected chi connectivity index (χ1v) is 10.7. The van der Waals surface area contributed by atoms with Crippen LogP contribution in [0, 0.1) is 0 Å². The first kappa shape index (κ1) is 20.8. The van der Waals surface area contributed by atoms with Crippen molar-refractivity contribution < 1.29 is 17.9 Å². The molecule has 1 aromatic heterocycles. The molecule has 0 fully saturated rings. The molecule has 150 valence electrons. The van der Waals surface area contributed by atoms with Crippen molar-refractivity contribution in [1.29, 1.82) is 0 Å². The predicted molar refractivity (Wildman–Crippen MR) is 112 cm³/mol. The van der Waals surface area contributed by atoms with E-state index >= 15 is 0 Å². The summed E-state index contributed by atoms with van der Waals surface area (Å²) in [6.07, 6.45) is 1.43. The van der Waals surface area contributed by atoms with Crippen LogP contribution in [-0.4, -0.2) is 24.6 Å². The van der Waals surface area contributed by atoms with Gasteiger partial charge in [-0.15, -0.1) is 0 Å². The Hall–Kier alpha value is -2.90. The number of anilines is 1. The van der Waals surface area contributed by atoms with Crippen molar-refractivity contribution in [3.8, 4) is 11.6 Å². The third-order valence-corrected chi connectivity index (χ3v) is 6.55. The zero-order valence-electron chi connectivity index (χ0n) is 15.8. The molecule has 3 rings (SSSR count). The first-order valence-electron chi connectivity index (χ1n) is 8.81. The Bertz CT molecular complexity index is 1110. The number of carbonyl (C=O) groups is 1. The number of sulfone groups is 1.